The summed E-state index contributed by atoms with van der Waals surface area (Å²) >= 11 is 0. The maximum absolute atomic E-state index is 12.1. The third-order valence-electron chi connectivity index (χ3n) is 3.42. The molecule has 0 spiro atoms. The molecule has 0 heterocycles. The molecule has 0 fully saturated rings. The number of alkyl carbamates (subject to hydrolysis) is 1. The van der Waals surface area contributed by atoms with Gasteiger partial charge >= 0.3 is 12.1 Å². The molecular formula is C19H29NO6. The number of methoxy groups -OCH3 is 1. The van der Waals surface area contributed by atoms with E-state index in [4.69, 9.17) is 14.2 Å². The van der Waals surface area contributed by atoms with Crippen molar-refractivity contribution in [3.63, 3.8) is 0 Å². The van der Waals surface area contributed by atoms with Crippen molar-refractivity contribution in [1.29, 1.82) is 0 Å². The summed E-state index contributed by atoms with van der Waals surface area (Å²) in [4.78, 5) is 23.3. The fourth-order valence-corrected chi connectivity index (χ4v) is 2.23. The van der Waals surface area contributed by atoms with E-state index in [-0.39, 0.29) is 6.42 Å². The van der Waals surface area contributed by atoms with Crippen LogP contribution in [0.2, 0.25) is 0 Å². The van der Waals surface area contributed by atoms with Gasteiger partial charge in [0.05, 0.1) is 26.2 Å². The number of carbonyl (C=O) groups excluding carboxylic acids is 1. The van der Waals surface area contributed by atoms with Gasteiger partial charge < -0.3 is 24.6 Å². The zero-order valence-corrected chi connectivity index (χ0v) is 16.1. The lowest BCUT2D eigenvalue weighted by Crippen LogP contribution is -2.35. The second-order valence-corrected chi connectivity index (χ2v) is 6.91. The molecule has 7 nitrogen and oxygen atoms in total. The van der Waals surface area contributed by atoms with Crippen LogP contribution in [0.25, 0.3) is 0 Å². The number of aliphatic carboxylic acids is 1. The number of amides is 1. The predicted octanol–water partition coefficient (Wildman–Crippen LogP) is 3.91. The molecule has 1 amide bonds. The molecule has 1 aromatic rings. The maximum atomic E-state index is 12.1. The van der Waals surface area contributed by atoms with E-state index in [1.807, 2.05) is 0 Å². The number of unbranched alkanes of at least 4 members (excludes halogenated alkanes) is 1. The number of carboxylic acids is 1. The van der Waals surface area contributed by atoms with Gasteiger partial charge in [-0.15, -0.1) is 0 Å². The normalized spacial score (nSPS) is 12.2. The van der Waals surface area contributed by atoms with Gasteiger partial charge in [0.1, 0.15) is 5.60 Å². The smallest absolute Gasteiger partial charge is 0.408 e. The second-order valence-electron chi connectivity index (χ2n) is 6.91. The third kappa shape index (κ3) is 7.63. The average Bonchev–Trinajstić information content (AvgIpc) is 2.52. The SMILES string of the molecule is CCCCOc1cc(C(CC(=O)O)NC(=O)OC(C)(C)C)ccc1OC. The molecule has 26 heavy (non-hydrogen) atoms. The summed E-state index contributed by atoms with van der Waals surface area (Å²) in [5, 5.41) is 11.8. The zero-order valence-electron chi connectivity index (χ0n) is 16.1. The third-order valence-corrected chi connectivity index (χ3v) is 3.42. The summed E-state index contributed by atoms with van der Waals surface area (Å²) in [7, 11) is 1.54. The molecule has 0 aliphatic heterocycles. The minimum absolute atomic E-state index is 0.278. The summed E-state index contributed by atoms with van der Waals surface area (Å²) in [5.41, 5.74) is -0.0720. The van der Waals surface area contributed by atoms with E-state index in [0.717, 1.165) is 12.8 Å². The van der Waals surface area contributed by atoms with Crippen LogP contribution in [0.4, 0.5) is 4.79 Å². The number of carbonyl (C=O) groups is 2. The Kier molecular flexibility index (Phi) is 8.22. The number of nitrogens with one attached hydrogen (secondary N) is 1. The lowest BCUT2D eigenvalue weighted by Gasteiger charge is -2.23. The molecule has 1 unspecified atom stereocenters. The Morgan fingerprint density at radius 2 is 1.92 bits per heavy atom. The van der Waals surface area contributed by atoms with Crippen molar-refractivity contribution in [2.45, 2.75) is 58.6 Å². The van der Waals surface area contributed by atoms with E-state index in [1.54, 1.807) is 39.0 Å². The van der Waals surface area contributed by atoms with Crippen LogP contribution in [0.5, 0.6) is 11.5 Å². The number of carboxylic acid groups (broad SMARTS) is 1. The molecule has 2 N–H and O–H groups in total. The first-order valence-corrected chi connectivity index (χ1v) is 8.68. The number of benzene rings is 1. The second kappa shape index (κ2) is 9.89. The van der Waals surface area contributed by atoms with E-state index < -0.39 is 23.7 Å². The van der Waals surface area contributed by atoms with Crippen LogP contribution >= 0.6 is 0 Å². The molecule has 1 rings (SSSR count). The molecule has 146 valence electrons. The molecule has 0 radical (unpaired) electrons. The van der Waals surface area contributed by atoms with Crippen molar-refractivity contribution in [1.82, 2.24) is 5.32 Å². The Morgan fingerprint density at radius 1 is 1.23 bits per heavy atom. The quantitative estimate of drug-likeness (QED) is 0.643. The Labute approximate surface area is 154 Å². The van der Waals surface area contributed by atoms with Crippen LogP contribution in [-0.4, -0.2) is 36.5 Å². The van der Waals surface area contributed by atoms with Crippen molar-refractivity contribution in [3.05, 3.63) is 23.8 Å². The predicted molar refractivity (Wildman–Crippen MR) is 97.8 cm³/mol. The van der Waals surface area contributed by atoms with Gasteiger partial charge in [-0.3, -0.25) is 4.79 Å². The fourth-order valence-electron chi connectivity index (χ4n) is 2.23. The summed E-state index contributed by atoms with van der Waals surface area (Å²) < 4.78 is 16.2. The number of ether oxygens (including phenoxy) is 3. The Morgan fingerprint density at radius 3 is 2.46 bits per heavy atom. The number of rotatable bonds is 9. The average molecular weight is 367 g/mol. The highest BCUT2D eigenvalue weighted by Gasteiger charge is 2.23. The van der Waals surface area contributed by atoms with E-state index >= 15 is 0 Å². The van der Waals surface area contributed by atoms with Crippen molar-refractivity contribution in [2.75, 3.05) is 13.7 Å². The van der Waals surface area contributed by atoms with Crippen LogP contribution in [0.15, 0.2) is 18.2 Å². The highest BCUT2D eigenvalue weighted by atomic mass is 16.6. The van der Waals surface area contributed by atoms with E-state index in [1.165, 1.54) is 7.11 Å². The van der Waals surface area contributed by atoms with Gasteiger partial charge in [-0.2, -0.15) is 0 Å². The van der Waals surface area contributed by atoms with Crippen molar-refractivity contribution >= 4 is 12.1 Å². The van der Waals surface area contributed by atoms with Crippen LogP contribution in [-0.2, 0) is 9.53 Å². The molecular weight excluding hydrogens is 338 g/mol. The highest BCUT2D eigenvalue weighted by molar-refractivity contribution is 5.72. The van der Waals surface area contributed by atoms with Gasteiger partial charge in [0.15, 0.2) is 11.5 Å². The first-order valence-electron chi connectivity index (χ1n) is 8.68. The molecule has 0 aliphatic carbocycles. The van der Waals surface area contributed by atoms with Gasteiger partial charge in [-0.25, -0.2) is 4.79 Å². The minimum atomic E-state index is -1.03. The molecule has 1 atom stereocenters. The molecule has 0 saturated heterocycles. The maximum Gasteiger partial charge on any atom is 0.408 e. The van der Waals surface area contributed by atoms with Crippen LogP contribution in [0.1, 0.15) is 58.6 Å². The van der Waals surface area contributed by atoms with Gasteiger partial charge in [0.25, 0.3) is 0 Å². The standard InChI is InChI=1S/C19H29NO6/c1-6-7-10-25-16-11-13(8-9-15(16)24-5)14(12-17(21)22)20-18(23)26-19(2,3)4/h8-9,11,14H,6-7,10,12H2,1-5H3,(H,20,23)(H,21,22). The minimum Gasteiger partial charge on any atom is -0.493 e. The van der Waals surface area contributed by atoms with Gasteiger partial charge in [0.2, 0.25) is 0 Å². The highest BCUT2D eigenvalue weighted by Crippen LogP contribution is 2.31. The molecule has 1 aromatic carbocycles. The van der Waals surface area contributed by atoms with E-state index in [0.29, 0.717) is 23.7 Å². The molecule has 0 bridgehead atoms. The first-order chi connectivity index (χ1) is 12.2. The first kappa shape index (κ1) is 21.6. The van der Waals surface area contributed by atoms with Crippen LogP contribution in [0.3, 0.4) is 0 Å². The van der Waals surface area contributed by atoms with Gasteiger partial charge in [-0.05, 0) is 44.9 Å². The Bertz CT molecular complexity index is 609. The summed E-state index contributed by atoms with van der Waals surface area (Å²) in [6.07, 6.45) is 0.930. The van der Waals surface area contributed by atoms with Crippen molar-refractivity contribution in [2.24, 2.45) is 0 Å². The van der Waals surface area contributed by atoms with Gasteiger partial charge in [0, 0.05) is 0 Å². The lowest BCUT2D eigenvalue weighted by atomic mass is 10.0. The topological polar surface area (TPSA) is 94.1 Å². The zero-order chi connectivity index (χ0) is 19.7. The summed E-state index contributed by atoms with van der Waals surface area (Å²) in [5.74, 6) is 0.0337. The molecule has 0 aliphatic rings. The molecule has 7 heteroatoms. The lowest BCUT2D eigenvalue weighted by molar-refractivity contribution is -0.137. The van der Waals surface area contributed by atoms with E-state index in [9.17, 15) is 14.7 Å². The Hall–Kier alpha value is -2.44. The fraction of sp³-hybridized carbons (Fsp3) is 0.579. The van der Waals surface area contributed by atoms with Crippen LogP contribution in [0, 0.1) is 0 Å². The monoisotopic (exact) mass is 367 g/mol. The Balaban J connectivity index is 3.03. The van der Waals surface area contributed by atoms with Gasteiger partial charge in [-0.1, -0.05) is 19.4 Å². The summed E-state index contributed by atoms with van der Waals surface area (Å²) in [6, 6.07) is 4.35. The van der Waals surface area contributed by atoms with Crippen LogP contribution < -0.4 is 14.8 Å². The molecule has 0 saturated carbocycles. The van der Waals surface area contributed by atoms with Crippen molar-refractivity contribution < 1.29 is 28.9 Å². The molecule has 0 aromatic heterocycles. The number of hydrogen-bond acceptors (Lipinski definition) is 5. The largest absolute Gasteiger partial charge is 0.493 e. The van der Waals surface area contributed by atoms with Crippen molar-refractivity contribution in [3.8, 4) is 11.5 Å². The number of hydrogen-bond donors (Lipinski definition) is 2. The summed E-state index contributed by atoms with van der Waals surface area (Å²) in [6.45, 7) is 7.81. The van der Waals surface area contributed by atoms with E-state index in [2.05, 4.69) is 12.2 Å².